The van der Waals surface area contributed by atoms with E-state index < -0.39 is 11.4 Å². The molecule has 1 heterocycles. The molecule has 0 fully saturated rings. The summed E-state index contributed by atoms with van der Waals surface area (Å²) in [6.07, 6.45) is 0.260. The van der Waals surface area contributed by atoms with Gasteiger partial charge in [-0.15, -0.1) is 0 Å². The topological polar surface area (TPSA) is 41.1 Å². The Labute approximate surface area is 176 Å². The second kappa shape index (κ2) is 7.28. The van der Waals surface area contributed by atoms with Gasteiger partial charge in [-0.1, -0.05) is 53.0 Å². The maximum absolute atomic E-state index is 14.5. The monoisotopic (exact) mass is 434 g/mol. The second-order valence-corrected chi connectivity index (χ2v) is 7.91. The fourth-order valence-corrected chi connectivity index (χ4v) is 4.00. The maximum Gasteiger partial charge on any atom is 0.255 e. The van der Waals surface area contributed by atoms with Gasteiger partial charge in [0.1, 0.15) is 11.4 Å². The summed E-state index contributed by atoms with van der Waals surface area (Å²) in [5, 5.41) is 7.28. The van der Waals surface area contributed by atoms with Gasteiger partial charge in [-0.05, 0) is 48.0 Å². The van der Waals surface area contributed by atoms with E-state index in [1.165, 1.54) is 12.1 Å². The van der Waals surface area contributed by atoms with Crippen LogP contribution in [0, 0.1) is 5.82 Å². The summed E-state index contributed by atoms with van der Waals surface area (Å²) in [6, 6.07) is 16.6. The van der Waals surface area contributed by atoms with Gasteiger partial charge in [0.15, 0.2) is 0 Å². The van der Waals surface area contributed by atoms with Crippen molar-refractivity contribution in [3.05, 3.63) is 92.7 Å². The van der Waals surface area contributed by atoms with E-state index in [1.54, 1.807) is 36.4 Å². The Balaban J connectivity index is 1.85. The molecule has 0 spiro atoms. The van der Waals surface area contributed by atoms with Crippen molar-refractivity contribution >= 4 is 52.1 Å². The van der Waals surface area contributed by atoms with Gasteiger partial charge in [0.05, 0.1) is 5.69 Å². The Bertz CT molecular complexity index is 1090. The lowest BCUT2D eigenvalue weighted by atomic mass is 9.84. The van der Waals surface area contributed by atoms with Gasteiger partial charge in [-0.25, -0.2) is 4.39 Å². The van der Waals surface area contributed by atoms with Crippen molar-refractivity contribution in [1.29, 1.82) is 0 Å². The highest BCUT2D eigenvalue weighted by molar-refractivity contribution is 6.31. The number of carbonyl (C=O) groups excluding carboxylic acids is 1. The number of carbonyl (C=O) groups is 1. The van der Waals surface area contributed by atoms with Crippen LogP contribution in [0.15, 0.2) is 60.7 Å². The first-order valence-electron chi connectivity index (χ1n) is 8.46. The van der Waals surface area contributed by atoms with Crippen LogP contribution in [0.5, 0.6) is 0 Å². The van der Waals surface area contributed by atoms with Crippen molar-refractivity contribution in [3.63, 3.8) is 0 Å². The lowest BCUT2D eigenvalue weighted by Gasteiger charge is -2.30. The molecule has 0 aliphatic carbocycles. The summed E-state index contributed by atoms with van der Waals surface area (Å²) in [5.74, 6) is -0.854. The van der Waals surface area contributed by atoms with Crippen molar-refractivity contribution in [2.24, 2.45) is 0 Å². The minimum absolute atomic E-state index is 0.171. The second-order valence-electron chi connectivity index (χ2n) is 6.61. The van der Waals surface area contributed by atoms with Gasteiger partial charge >= 0.3 is 0 Å². The molecule has 0 bridgehead atoms. The molecule has 3 nitrogen and oxygen atoms in total. The number of benzene rings is 3. The summed E-state index contributed by atoms with van der Waals surface area (Å²) in [4.78, 5) is 13.1. The quantitative estimate of drug-likeness (QED) is 0.506. The van der Waals surface area contributed by atoms with Crippen LogP contribution in [0.1, 0.15) is 11.1 Å². The van der Waals surface area contributed by atoms with Gasteiger partial charge in [0, 0.05) is 32.7 Å². The zero-order valence-electron chi connectivity index (χ0n) is 14.4. The zero-order valence-corrected chi connectivity index (χ0v) is 16.7. The van der Waals surface area contributed by atoms with Crippen LogP contribution in [0.2, 0.25) is 15.1 Å². The predicted molar refractivity (Wildman–Crippen MR) is 112 cm³/mol. The van der Waals surface area contributed by atoms with Crippen LogP contribution in [0.3, 0.4) is 0 Å². The smallest absolute Gasteiger partial charge is 0.255 e. The fraction of sp³-hybridized carbons (Fsp3) is 0.0952. The van der Waals surface area contributed by atoms with Crippen LogP contribution >= 0.6 is 34.8 Å². The molecule has 0 saturated carbocycles. The molecule has 1 unspecified atom stereocenters. The molecular weight excluding hydrogens is 422 g/mol. The van der Waals surface area contributed by atoms with Crippen LogP contribution in [-0.4, -0.2) is 5.91 Å². The molecule has 1 amide bonds. The molecule has 3 aromatic rings. The van der Waals surface area contributed by atoms with E-state index in [4.69, 9.17) is 34.8 Å². The van der Waals surface area contributed by atoms with Crippen LogP contribution < -0.4 is 10.6 Å². The van der Waals surface area contributed by atoms with Gasteiger partial charge in [-0.3, -0.25) is 4.79 Å². The first kappa shape index (κ1) is 19.1. The van der Waals surface area contributed by atoms with Gasteiger partial charge < -0.3 is 10.6 Å². The van der Waals surface area contributed by atoms with Crippen molar-refractivity contribution in [2.75, 3.05) is 10.6 Å². The minimum atomic E-state index is -1.24. The summed E-state index contributed by atoms with van der Waals surface area (Å²) in [5.41, 5.74) is 1.02. The number of hydrogen-bond donors (Lipinski definition) is 2. The van der Waals surface area contributed by atoms with Gasteiger partial charge in [-0.2, -0.15) is 0 Å². The molecule has 4 rings (SSSR count). The highest BCUT2D eigenvalue weighted by Crippen LogP contribution is 2.42. The van der Waals surface area contributed by atoms with E-state index >= 15 is 0 Å². The molecule has 1 aliphatic rings. The first-order chi connectivity index (χ1) is 13.4. The predicted octanol–water partition coefficient (Wildman–Crippen LogP) is 6.29. The van der Waals surface area contributed by atoms with Crippen LogP contribution in [0.25, 0.3) is 0 Å². The first-order valence-corrected chi connectivity index (χ1v) is 9.60. The number of hydrogen-bond acceptors (Lipinski definition) is 2. The Morgan fingerprint density at radius 1 is 0.929 bits per heavy atom. The van der Waals surface area contributed by atoms with E-state index in [0.717, 1.165) is 5.56 Å². The number of fused-ring (bicyclic) bond motifs is 1. The Morgan fingerprint density at radius 2 is 1.64 bits per heavy atom. The maximum atomic E-state index is 14.5. The Morgan fingerprint density at radius 3 is 2.39 bits per heavy atom. The van der Waals surface area contributed by atoms with Crippen LogP contribution in [0.4, 0.5) is 15.8 Å². The highest BCUT2D eigenvalue weighted by Gasteiger charge is 2.47. The molecule has 3 aromatic carbocycles. The number of rotatable bonds is 4. The minimum Gasteiger partial charge on any atom is -0.365 e. The fourth-order valence-electron chi connectivity index (χ4n) is 3.46. The van der Waals surface area contributed by atoms with E-state index in [9.17, 15) is 9.18 Å². The number of anilines is 2. The normalized spacial score (nSPS) is 17.9. The summed E-state index contributed by atoms with van der Waals surface area (Å²) in [7, 11) is 0. The number of amides is 1. The summed E-state index contributed by atoms with van der Waals surface area (Å²) in [6.45, 7) is 0. The van der Waals surface area contributed by atoms with Crippen molar-refractivity contribution in [1.82, 2.24) is 0 Å². The van der Waals surface area contributed by atoms with Crippen molar-refractivity contribution in [3.8, 4) is 0 Å². The molecule has 1 atom stereocenters. The molecule has 0 saturated heterocycles. The Hall–Kier alpha value is -2.27. The third-order valence-electron chi connectivity index (χ3n) is 4.71. The molecular formula is C21H14Cl3FN2O. The average Bonchev–Trinajstić information content (AvgIpc) is 2.88. The van der Waals surface area contributed by atoms with E-state index in [1.807, 2.05) is 12.1 Å². The standard InChI is InChI=1S/C21H14Cl3FN2O/c22-13-3-1-2-12(8-13)11-21(27-18-7-5-14(23)9-17(18)25)16-6-4-15(24)10-19(16)26-20(21)28/h1-10,27H,11H2,(H,26,28). The van der Waals surface area contributed by atoms with E-state index in [0.29, 0.717) is 21.3 Å². The molecule has 1 aliphatic heterocycles. The number of halogens is 4. The molecule has 142 valence electrons. The molecule has 28 heavy (non-hydrogen) atoms. The summed E-state index contributed by atoms with van der Waals surface area (Å²) >= 11 is 18.1. The van der Waals surface area contributed by atoms with Crippen molar-refractivity contribution < 1.29 is 9.18 Å². The van der Waals surface area contributed by atoms with Crippen molar-refractivity contribution in [2.45, 2.75) is 12.0 Å². The molecule has 7 heteroatoms. The van der Waals surface area contributed by atoms with Gasteiger partial charge in [0.25, 0.3) is 5.91 Å². The van der Waals surface area contributed by atoms with E-state index in [-0.39, 0.29) is 23.0 Å². The third-order valence-corrected chi connectivity index (χ3v) is 5.42. The van der Waals surface area contributed by atoms with Crippen LogP contribution in [-0.2, 0) is 16.8 Å². The number of nitrogens with one attached hydrogen (secondary N) is 2. The molecule has 0 radical (unpaired) electrons. The van der Waals surface area contributed by atoms with Gasteiger partial charge in [0.2, 0.25) is 0 Å². The zero-order chi connectivity index (χ0) is 19.9. The largest absolute Gasteiger partial charge is 0.365 e. The molecule has 2 N–H and O–H groups in total. The average molecular weight is 436 g/mol. The Kier molecular flexibility index (Phi) is 4.96. The highest BCUT2D eigenvalue weighted by atomic mass is 35.5. The van der Waals surface area contributed by atoms with E-state index in [2.05, 4.69) is 10.6 Å². The lowest BCUT2D eigenvalue weighted by Crippen LogP contribution is -2.44. The SMILES string of the molecule is O=C1Nc2cc(Cl)ccc2C1(Cc1cccc(Cl)c1)Nc1ccc(Cl)cc1F. The summed E-state index contributed by atoms with van der Waals surface area (Å²) < 4.78 is 14.5. The molecule has 0 aromatic heterocycles. The third kappa shape index (κ3) is 3.44. The lowest BCUT2D eigenvalue weighted by molar-refractivity contribution is -0.119.